The van der Waals surface area contributed by atoms with E-state index < -0.39 is 0 Å². The lowest BCUT2D eigenvalue weighted by molar-refractivity contribution is -0.202. The Kier molecular flexibility index (Phi) is 3.76. The van der Waals surface area contributed by atoms with E-state index in [1.807, 2.05) is 0 Å². The van der Waals surface area contributed by atoms with Gasteiger partial charge in [-0.1, -0.05) is 26.7 Å². The van der Waals surface area contributed by atoms with Gasteiger partial charge in [0.1, 0.15) is 0 Å². The first kappa shape index (κ1) is 12.9. The molecule has 0 aromatic carbocycles. The van der Waals surface area contributed by atoms with Gasteiger partial charge in [-0.15, -0.1) is 0 Å². The number of hydrogen-bond donors (Lipinski definition) is 0. The average molecular weight is 240 g/mol. The van der Waals surface area contributed by atoms with Crippen molar-refractivity contribution < 1.29 is 14.3 Å². The van der Waals surface area contributed by atoms with Crippen molar-refractivity contribution in [2.45, 2.75) is 39.5 Å². The maximum atomic E-state index is 12.1. The van der Waals surface area contributed by atoms with E-state index >= 15 is 0 Å². The van der Waals surface area contributed by atoms with Crippen LogP contribution in [-0.4, -0.2) is 26.3 Å². The lowest BCUT2D eigenvalue weighted by Crippen LogP contribution is -2.57. The van der Waals surface area contributed by atoms with Gasteiger partial charge in [-0.3, -0.25) is 4.79 Å². The van der Waals surface area contributed by atoms with E-state index in [0.29, 0.717) is 11.8 Å². The molecular weight excluding hydrogens is 216 g/mol. The fourth-order valence-electron chi connectivity index (χ4n) is 3.81. The summed E-state index contributed by atoms with van der Waals surface area (Å²) in [6, 6.07) is 0. The van der Waals surface area contributed by atoms with Crippen LogP contribution in [0.15, 0.2) is 0 Å². The van der Waals surface area contributed by atoms with Gasteiger partial charge in [-0.05, 0) is 24.7 Å². The molecule has 1 heterocycles. The number of hydrogen-bond acceptors (Lipinski definition) is 3. The van der Waals surface area contributed by atoms with E-state index in [1.54, 1.807) is 0 Å². The Bertz CT molecular complexity index is 275. The highest BCUT2D eigenvalue weighted by molar-refractivity contribution is 5.74. The summed E-state index contributed by atoms with van der Waals surface area (Å²) in [5.41, 5.74) is 0.0672. The number of carbonyl (C=O) groups excluding carboxylic acids is 1. The molecule has 1 atom stereocenters. The molecule has 2 rings (SSSR count). The van der Waals surface area contributed by atoms with Crippen molar-refractivity contribution in [2.75, 3.05) is 20.3 Å². The van der Waals surface area contributed by atoms with E-state index in [2.05, 4.69) is 13.8 Å². The van der Waals surface area contributed by atoms with Gasteiger partial charge in [0.05, 0.1) is 26.2 Å². The topological polar surface area (TPSA) is 35.5 Å². The molecule has 0 aromatic heterocycles. The summed E-state index contributed by atoms with van der Waals surface area (Å²) in [4.78, 5) is 12.1. The van der Waals surface area contributed by atoms with Gasteiger partial charge in [0.2, 0.25) is 0 Å². The number of ether oxygens (including phenoxy) is 2. The smallest absolute Gasteiger partial charge is 0.309 e. The highest BCUT2D eigenvalue weighted by atomic mass is 16.5. The van der Waals surface area contributed by atoms with Crippen LogP contribution in [0.4, 0.5) is 0 Å². The van der Waals surface area contributed by atoms with Crippen LogP contribution < -0.4 is 0 Å². The first-order chi connectivity index (χ1) is 8.12. The molecule has 3 heteroatoms. The third kappa shape index (κ3) is 2.10. The Labute approximate surface area is 104 Å². The Morgan fingerprint density at radius 2 is 1.88 bits per heavy atom. The molecule has 2 fully saturated rings. The standard InChI is InChI=1S/C14H24O3/c1-10(2)12(13(15)16-3)14(8-17-9-14)11-6-4-5-7-11/h10-12H,4-9H2,1-3H3. The molecule has 1 aliphatic heterocycles. The molecule has 2 aliphatic rings. The summed E-state index contributed by atoms with van der Waals surface area (Å²) in [6.07, 6.45) is 5.12. The summed E-state index contributed by atoms with van der Waals surface area (Å²) < 4.78 is 10.5. The van der Waals surface area contributed by atoms with E-state index in [1.165, 1.54) is 32.8 Å². The lowest BCUT2D eigenvalue weighted by Gasteiger charge is -2.51. The van der Waals surface area contributed by atoms with Crippen molar-refractivity contribution in [3.05, 3.63) is 0 Å². The molecule has 3 nitrogen and oxygen atoms in total. The highest BCUT2D eigenvalue weighted by Crippen LogP contribution is 2.52. The number of esters is 1. The minimum Gasteiger partial charge on any atom is -0.469 e. The van der Waals surface area contributed by atoms with Gasteiger partial charge in [0, 0.05) is 5.41 Å². The van der Waals surface area contributed by atoms with E-state index in [9.17, 15) is 4.79 Å². The Hall–Kier alpha value is -0.570. The van der Waals surface area contributed by atoms with Crippen molar-refractivity contribution in [1.82, 2.24) is 0 Å². The number of carbonyl (C=O) groups is 1. The van der Waals surface area contributed by atoms with E-state index in [4.69, 9.17) is 9.47 Å². The zero-order chi connectivity index (χ0) is 12.5. The number of rotatable bonds is 4. The second-order valence-corrected chi connectivity index (χ2v) is 5.95. The first-order valence-electron chi connectivity index (χ1n) is 6.77. The maximum absolute atomic E-state index is 12.1. The summed E-state index contributed by atoms with van der Waals surface area (Å²) in [5.74, 6) is 0.939. The van der Waals surface area contributed by atoms with Crippen molar-refractivity contribution >= 4 is 5.97 Å². The second-order valence-electron chi connectivity index (χ2n) is 5.95. The molecule has 1 saturated carbocycles. The van der Waals surface area contributed by atoms with Crippen molar-refractivity contribution in [3.8, 4) is 0 Å². The Morgan fingerprint density at radius 3 is 2.24 bits per heavy atom. The van der Waals surface area contributed by atoms with Gasteiger partial charge in [-0.25, -0.2) is 0 Å². The minimum absolute atomic E-state index is 0.00403. The first-order valence-corrected chi connectivity index (χ1v) is 6.77. The van der Waals surface area contributed by atoms with Gasteiger partial charge in [0.25, 0.3) is 0 Å². The third-order valence-electron chi connectivity index (χ3n) is 4.65. The molecule has 0 aromatic rings. The highest BCUT2D eigenvalue weighted by Gasteiger charge is 2.55. The van der Waals surface area contributed by atoms with Crippen LogP contribution in [0.3, 0.4) is 0 Å². The third-order valence-corrected chi connectivity index (χ3v) is 4.65. The molecule has 1 saturated heterocycles. The lowest BCUT2D eigenvalue weighted by atomic mass is 9.61. The van der Waals surface area contributed by atoms with Gasteiger partial charge < -0.3 is 9.47 Å². The van der Waals surface area contributed by atoms with Crippen LogP contribution in [0, 0.1) is 23.2 Å². The molecule has 17 heavy (non-hydrogen) atoms. The van der Waals surface area contributed by atoms with Crippen molar-refractivity contribution in [1.29, 1.82) is 0 Å². The zero-order valence-corrected chi connectivity index (χ0v) is 11.2. The Morgan fingerprint density at radius 1 is 1.29 bits per heavy atom. The predicted molar refractivity (Wildman–Crippen MR) is 65.6 cm³/mol. The number of methoxy groups -OCH3 is 1. The van der Waals surface area contributed by atoms with Crippen LogP contribution in [0.5, 0.6) is 0 Å². The quantitative estimate of drug-likeness (QED) is 0.709. The SMILES string of the molecule is COC(=O)C(C(C)C)C1(C2CCCC2)COC1. The molecule has 1 aliphatic carbocycles. The summed E-state index contributed by atoms with van der Waals surface area (Å²) in [5, 5.41) is 0. The minimum atomic E-state index is -0.0461. The summed E-state index contributed by atoms with van der Waals surface area (Å²) >= 11 is 0. The fraction of sp³-hybridized carbons (Fsp3) is 0.929. The van der Waals surface area contributed by atoms with E-state index in [-0.39, 0.29) is 17.3 Å². The Balaban J connectivity index is 2.21. The van der Waals surface area contributed by atoms with Gasteiger partial charge in [0.15, 0.2) is 0 Å². The van der Waals surface area contributed by atoms with Crippen LogP contribution in [0.2, 0.25) is 0 Å². The van der Waals surface area contributed by atoms with Gasteiger partial charge in [-0.2, -0.15) is 0 Å². The van der Waals surface area contributed by atoms with Crippen LogP contribution in [0.25, 0.3) is 0 Å². The van der Waals surface area contributed by atoms with E-state index in [0.717, 1.165) is 13.2 Å². The van der Waals surface area contributed by atoms with Crippen LogP contribution in [0.1, 0.15) is 39.5 Å². The van der Waals surface area contributed by atoms with Gasteiger partial charge >= 0.3 is 5.97 Å². The van der Waals surface area contributed by atoms with Crippen LogP contribution >= 0.6 is 0 Å². The molecule has 98 valence electrons. The molecule has 0 spiro atoms. The maximum Gasteiger partial charge on any atom is 0.309 e. The summed E-state index contributed by atoms with van der Waals surface area (Å²) in [7, 11) is 1.50. The molecule has 0 N–H and O–H groups in total. The van der Waals surface area contributed by atoms with Crippen molar-refractivity contribution in [2.24, 2.45) is 23.2 Å². The molecule has 0 radical (unpaired) electrons. The monoisotopic (exact) mass is 240 g/mol. The predicted octanol–water partition coefficient (Wildman–Crippen LogP) is 2.64. The average Bonchev–Trinajstić information content (AvgIpc) is 2.75. The second kappa shape index (κ2) is 4.97. The zero-order valence-electron chi connectivity index (χ0n) is 11.2. The molecular formula is C14H24O3. The normalized spacial score (nSPS) is 25.6. The van der Waals surface area contributed by atoms with Crippen LogP contribution in [-0.2, 0) is 14.3 Å². The molecule has 0 bridgehead atoms. The van der Waals surface area contributed by atoms with Crippen molar-refractivity contribution in [3.63, 3.8) is 0 Å². The summed E-state index contributed by atoms with van der Waals surface area (Å²) in [6.45, 7) is 5.73. The largest absolute Gasteiger partial charge is 0.469 e. The molecule has 1 unspecified atom stereocenters. The molecule has 0 amide bonds. The fourth-order valence-corrected chi connectivity index (χ4v) is 3.81.